The van der Waals surface area contributed by atoms with Crippen molar-refractivity contribution in [2.24, 2.45) is 0 Å². The number of methoxy groups -OCH3 is 1. The lowest BCUT2D eigenvalue weighted by Crippen LogP contribution is -2.13. The minimum atomic E-state index is -0.237. The van der Waals surface area contributed by atoms with Gasteiger partial charge in [-0.2, -0.15) is 0 Å². The Hall–Kier alpha value is -4.46. The molecule has 3 N–H and O–H groups in total. The minimum absolute atomic E-state index is 0.237. The van der Waals surface area contributed by atoms with Crippen molar-refractivity contribution in [3.63, 3.8) is 0 Å². The molecule has 160 valence electrons. The summed E-state index contributed by atoms with van der Waals surface area (Å²) < 4.78 is 5.25. The zero-order chi connectivity index (χ0) is 22.3. The number of anilines is 5. The molecule has 4 rings (SSSR count). The highest BCUT2D eigenvalue weighted by Crippen LogP contribution is 2.22. The van der Waals surface area contributed by atoms with Crippen LogP contribution in [-0.2, 0) is 0 Å². The third-order valence-corrected chi connectivity index (χ3v) is 4.61. The number of pyridine rings is 1. The Morgan fingerprint density at radius 2 is 1.50 bits per heavy atom. The van der Waals surface area contributed by atoms with Crippen LogP contribution in [0.25, 0.3) is 0 Å². The zero-order valence-electron chi connectivity index (χ0n) is 17.7. The van der Waals surface area contributed by atoms with Gasteiger partial charge < -0.3 is 20.7 Å². The maximum atomic E-state index is 12.5. The predicted octanol–water partition coefficient (Wildman–Crippen LogP) is 4.93. The smallest absolute Gasteiger partial charge is 0.259 e. The summed E-state index contributed by atoms with van der Waals surface area (Å²) in [6.45, 7) is 2.00. The van der Waals surface area contributed by atoms with Crippen molar-refractivity contribution in [1.29, 1.82) is 0 Å². The van der Waals surface area contributed by atoms with Crippen LogP contribution in [0.3, 0.4) is 0 Å². The van der Waals surface area contributed by atoms with Crippen LogP contribution in [0.15, 0.2) is 79.3 Å². The molecule has 2 aromatic carbocycles. The number of aryl methyl sites for hydroxylation is 1. The fraction of sp³-hybridized carbons (Fsp3) is 0.0833. The van der Waals surface area contributed by atoms with Crippen molar-refractivity contribution < 1.29 is 9.53 Å². The van der Waals surface area contributed by atoms with E-state index in [9.17, 15) is 4.79 Å². The molecule has 2 heterocycles. The predicted molar refractivity (Wildman–Crippen MR) is 125 cm³/mol. The van der Waals surface area contributed by atoms with E-state index in [-0.39, 0.29) is 5.91 Å². The standard InChI is InChI=1S/C24H22N6O2/c1-16-11-12-25-21(13-16)30-23-14-22(26-15-27-23)28-17-7-9-18(10-8-17)29-24(31)19-5-3-4-6-20(19)32-2/h3-15H,1-2H3,(H,29,31)(H2,25,26,27,28,30). The number of ether oxygens (including phenoxy) is 1. The number of amides is 1. The van der Waals surface area contributed by atoms with Gasteiger partial charge in [0, 0.05) is 23.6 Å². The van der Waals surface area contributed by atoms with E-state index in [1.165, 1.54) is 13.4 Å². The fourth-order valence-corrected chi connectivity index (χ4v) is 3.05. The number of carbonyl (C=O) groups excluding carboxylic acids is 1. The molecule has 8 heteroatoms. The van der Waals surface area contributed by atoms with E-state index in [1.807, 2.05) is 49.4 Å². The maximum absolute atomic E-state index is 12.5. The fourth-order valence-electron chi connectivity index (χ4n) is 3.05. The molecular formula is C24H22N6O2. The van der Waals surface area contributed by atoms with Gasteiger partial charge in [0.05, 0.1) is 12.7 Å². The molecule has 0 bridgehead atoms. The first-order valence-electron chi connectivity index (χ1n) is 9.94. The molecule has 0 radical (unpaired) electrons. The lowest BCUT2D eigenvalue weighted by Gasteiger charge is -2.11. The van der Waals surface area contributed by atoms with Gasteiger partial charge >= 0.3 is 0 Å². The van der Waals surface area contributed by atoms with Gasteiger partial charge in [-0.1, -0.05) is 12.1 Å². The van der Waals surface area contributed by atoms with E-state index in [1.54, 1.807) is 30.5 Å². The highest BCUT2D eigenvalue weighted by Gasteiger charge is 2.11. The Kier molecular flexibility index (Phi) is 6.22. The van der Waals surface area contributed by atoms with Crippen molar-refractivity contribution in [3.8, 4) is 5.75 Å². The molecule has 1 amide bonds. The number of nitrogens with zero attached hydrogens (tertiary/aromatic N) is 3. The van der Waals surface area contributed by atoms with E-state index in [0.29, 0.717) is 34.5 Å². The second kappa shape index (κ2) is 9.57. The van der Waals surface area contributed by atoms with Gasteiger partial charge in [0.15, 0.2) is 0 Å². The molecule has 0 saturated heterocycles. The largest absolute Gasteiger partial charge is 0.496 e. The molecule has 4 aromatic rings. The molecule has 0 saturated carbocycles. The Morgan fingerprint density at radius 1 is 0.812 bits per heavy atom. The Morgan fingerprint density at radius 3 is 2.25 bits per heavy atom. The second-order valence-corrected chi connectivity index (χ2v) is 6.99. The zero-order valence-corrected chi connectivity index (χ0v) is 17.7. The second-order valence-electron chi connectivity index (χ2n) is 6.99. The summed E-state index contributed by atoms with van der Waals surface area (Å²) in [4.78, 5) is 25.3. The number of carbonyl (C=O) groups is 1. The van der Waals surface area contributed by atoms with Crippen LogP contribution in [0, 0.1) is 6.92 Å². The quantitative estimate of drug-likeness (QED) is 0.385. The number of para-hydroxylation sites is 1. The number of aromatic nitrogens is 3. The number of rotatable bonds is 7. The first-order chi connectivity index (χ1) is 15.6. The van der Waals surface area contributed by atoms with Gasteiger partial charge in [0.25, 0.3) is 5.91 Å². The van der Waals surface area contributed by atoms with Crippen LogP contribution in [0.4, 0.5) is 28.8 Å². The molecule has 0 unspecified atom stereocenters. The first-order valence-corrected chi connectivity index (χ1v) is 9.94. The van der Waals surface area contributed by atoms with Gasteiger partial charge in [-0.05, 0) is 61.0 Å². The van der Waals surface area contributed by atoms with Crippen LogP contribution in [0.5, 0.6) is 5.75 Å². The molecule has 0 aliphatic carbocycles. The summed E-state index contributed by atoms with van der Waals surface area (Å²) in [6, 6.07) is 20.1. The minimum Gasteiger partial charge on any atom is -0.496 e. The topological polar surface area (TPSA) is 101 Å². The SMILES string of the molecule is COc1ccccc1C(=O)Nc1ccc(Nc2cc(Nc3cc(C)ccn3)ncn2)cc1. The number of benzene rings is 2. The Bertz CT molecular complexity index is 1230. The maximum Gasteiger partial charge on any atom is 0.259 e. The van der Waals surface area contributed by atoms with Crippen LogP contribution >= 0.6 is 0 Å². The molecular weight excluding hydrogens is 404 g/mol. The van der Waals surface area contributed by atoms with Gasteiger partial charge in [-0.25, -0.2) is 15.0 Å². The lowest BCUT2D eigenvalue weighted by atomic mass is 10.2. The van der Waals surface area contributed by atoms with Gasteiger partial charge in [0.1, 0.15) is 29.5 Å². The average molecular weight is 426 g/mol. The molecule has 0 aliphatic heterocycles. The monoisotopic (exact) mass is 426 g/mol. The summed E-state index contributed by atoms with van der Waals surface area (Å²) in [5.41, 5.74) is 3.06. The van der Waals surface area contributed by atoms with Crippen LogP contribution < -0.4 is 20.7 Å². The van der Waals surface area contributed by atoms with Crippen molar-refractivity contribution >= 4 is 34.7 Å². The number of hydrogen-bond acceptors (Lipinski definition) is 7. The number of nitrogens with one attached hydrogen (secondary N) is 3. The van der Waals surface area contributed by atoms with Crippen LogP contribution in [0.2, 0.25) is 0 Å². The summed E-state index contributed by atoms with van der Waals surface area (Å²) in [7, 11) is 1.54. The Balaban J connectivity index is 1.41. The van der Waals surface area contributed by atoms with Crippen molar-refractivity contribution in [1.82, 2.24) is 15.0 Å². The highest BCUT2D eigenvalue weighted by atomic mass is 16.5. The summed E-state index contributed by atoms with van der Waals surface area (Å²) in [5.74, 6) is 2.25. The molecule has 0 atom stereocenters. The van der Waals surface area contributed by atoms with E-state index >= 15 is 0 Å². The van der Waals surface area contributed by atoms with E-state index in [4.69, 9.17) is 4.74 Å². The molecule has 0 spiro atoms. The molecule has 0 fully saturated rings. The lowest BCUT2D eigenvalue weighted by molar-refractivity contribution is 0.102. The van der Waals surface area contributed by atoms with Crippen molar-refractivity contribution in [3.05, 3.63) is 90.4 Å². The van der Waals surface area contributed by atoms with Gasteiger partial charge in [-0.15, -0.1) is 0 Å². The third-order valence-electron chi connectivity index (χ3n) is 4.61. The summed E-state index contributed by atoms with van der Waals surface area (Å²) >= 11 is 0. The normalized spacial score (nSPS) is 10.3. The highest BCUT2D eigenvalue weighted by molar-refractivity contribution is 6.06. The molecule has 0 aliphatic rings. The van der Waals surface area contributed by atoms with Crippen LogP contribution in [-0.4, -0.2) is 28.0 Å². The van der Waals surface area contributed by atoms with Crippen molar-refractivity contribution in [2.75, 3.05) is 23.1 Å². The molecule has 8 nitrogen and oxygen atoms in total. The Labute approximate surface area is 185 Å². The first kappa shape index (κ1) is 20.8. The summed E-state index contributed by atoms with van der Waals surface area (Å²) in [5, 5.41) is 9.27. The van der Waals surface area contributed by atoms with Gasteiger partial charge in [0.2, 0.25) is 0 Å². The molecule has 2 aromatic heterocycles. The number of hydrogen-bond donors (Lipinski definition) is 3. The van der Waals surface area contributed by atoms with Crippen LogP contribution in [0.1, 0.15) is 15.9 Å². The molecule has 32 heavy (non-hydrogen) atoms. The third kappa shape index (κ3) is 5.17. The van der Waals surface area contributed by atoms with E-state index in [2.05, 4.69) is 30.9 Å². The average Bonchev–Trinajstić information content (AvgIpc) is 2.80. The summed E-state index contributed by atoms with van der Waals surface area (Å²) in [6.07, 6.45) is 3.22. The van der Waals surface area contributed by atoms with E-state index < -0.39 is 0 Å². The van der Waals surface area contributed by atoms with Gasteiger partial charge in [-0.3, -0.25) is 4.79 Å². The van der Waals surface area contributed by atoms with E-state index in [0.717, 1.165) is 11.3 Å². The van der Waals surface area contributed by atoms with Crippen molar-refractivity contribution in [2.45, 2.75) is 6.92 Å².